The molecule has 0 bridgehead atoms. The van der Waals surface area contributed by atoms with Gasteiger partial charge >= 0.3 is 5.69 Å². The number of rotatable bonds is 5. The Morgan fingerprint density at radius 2 is 2.07 bits per heavy atom. The van der Waals surface area contributed by atoms with Crippen LogP contribution < -0.4 is 11.4 Å². The Kier molecular flexibility index (Phi) is 6.23. The van der Waals surface area contributed by atoms with Crippen LogP contribution in [0, 0.1) is 0 Å². The Balaban J connectivity index is 1.77. The lowest BCUT2D eigenvalue weighted by Crippen LogP contribution is -2.47. The van der Waals surface area contributed by atoms with Gasteiger partial charge in [0, 0.05) is 6.20 Å². The van der Waals surface area contributed by atoms with Crippen LogP contribution in [0.5, 0.6) is 0 Å². The SMILES string of the molecule is Nc1ccn([C@@H]2O[C@H](C(I)OC3O[C@H](CO)[C@@H](O)[C@@H]3O)[C@@H](O)[C@]2(O)F)c(=O)n1. The molecule has 28 heavy (non-hydrogen) atoms. The molecule has 0 spiro atoms. The summed E-state index contributed by atoms with van der Waals surface area (Å²) in [5.74, 6) is -3.50. The van der Waals surface area contributed by atoms with Gasteiger partial charge in [0.2, 0.25) is 0 Å². The average Bonchev–Trinajstić information content (AvgIpc) is 3.03. The molecule has 12 nitrogen and oxygen atoms in total. The van der Waals surface area contributed by atoms with Crippen molar-refractivity contribution in [3.63, 3.8) is 0 Å². The van der Waals surface area contributed by atoms with E-state index in [-0.39, 0.29) is 5.82 Å². The highest BCUT2D eigenvalue weighted by atomic mass is 127. The number of ether oxygens (including phenoxy) is 3. The zero-order chi connectivity index (χ0) is 20.8. The lowest BCUT2D eigenvalue weighted by Gasteiger charge is -2.25. The average molecular weight is 519 g/mol. The van der Waals surface area contributed by atoms with E-state index in [1.165, 1.54) is 6.07 Å². The predicted molar refractivity (Wildman–Crippen MR) is 95.5 cm³/mol. The van der Waals surface area contributed by atoms with Crippen molar-refractivity contribution >= 4 is 28.4 Å². The van der Waals surface area contributed by atoms with Crippen LogP contribution in [0.2, 0.25) is 0 Å². The fraction of sp³-hybridized carbons (Fsp3) is 0.714. The Labute approximate surface area is 170 Å². The third-order valence-corrected chi connectivity index (χ3v) is 5.49. The molecular weight excluding hydrogens is 500 g/mol. The van der Waals surface area contributed by atoms with Gasteiger partial charge in [-0.2, -0.15) is 4.98 Å². The molecule has 9 atom stereocenters. The molecule has 3 rings (SSSR count). The molecule has 3 heterocycles. The second-order valence-corrected chi connectivity index (χ2v) is 7.59. The highest BCUT2D eigenvalue weighted by Crippen LogP contribution is 2.42. The number of alkyl halides is 2. The summed E-state index contributed by atoms with van der Waals surface area (Å²) in [5.41, 5.74) is 4.36. The molecule has 7 N–H and O–H groups in total. The maximum Gasteiger partial charge on any atom is 0.351 e. The largest absolute Gasteiger partial charge is 0.394 e. The van der Waals surface area contributed by atoms with Crippen LogP contribution in [0.25, 0.3) is 0 Å². The topological polar surface area (TPSA) is 190 Å². The van der Waals surface area contributed by atoms with E-state index >= 15 is 0 Å². The van der Waals surface area contributed by atoms with Gasteiger partial charge in [0.1, 0.15) is 40.4 Å². The first kappa shape index (κ1) is 21.7. The van der Waals surface area contributed by atoms with Gasteiger partial charge in [-0.05, 0) is 28.7 Å². The van der Waals surface area contributed by atoms with Crippen LogP contribution in [-0.4, -0.2) is 88.5 Å². The van der Waals surface area contributed by atoms with Gasteiger partial charge in [-0.3, -0.25) is 4.57 Å². The van der Waals surface area contributed by atoms with E-state index in [1.807, 2.05) is 0 Å². The van der Waals surface area contributed by atoms with Gasteiger partial charge in [-0.15, -0.1) is 0 Å². The molecule has 14 heteroatoms. The molecule has 0 aromatic carbocycles. The van der Waals surface area contributed by atoms with Crippen molar-refractivity contribution in [3.05, 3.63) is 22.7 Å². The number of nitrogen functional groups attached to an aromatic ring is 1. The van der Waals surface area contributed by atoms with Gasteiger partial charge in [0.15, 0.2) is 12.5 Å². The molecule has 158 valence electrons. The highest BCUT2D eigenvalue weighted by Gasteiger charge is 2.60. The minimum atomic E-state index is -3.37. The maximum atomic E-state index is 14.8. The molecule has 0 saturated carbocycles. The zero-order valence-corrected chi connectivity index (χ0v) is 16.2. The number of aliphatic hydroxyl groups is 5. The van der Waals surface area contributed by atoms with Gasteiger partial charge in [-0.1, -0.05) is 0 Å². The van der Waals surface area contributed by atoms with E-state index in [9.17, 15) is 29.6 Å². The van der Waals surface area contributed by atoms with Crippen molar-refractivity contribution in [1.82, 2.24) is 9.55 Å². The zero-order valence-electron chi connectivity index (χ0n) is 14.1. The molecule has 0 amide bonds. The second-order valence-electron chi connectivity index (χ2n) is 6.36. The van der Waals surface area contributed by atoms with Crippen molar-refractivity contribution in [2.24, 2.45) is 0 Å². The minimum Gasteiger partial charge on any atom is -0.394 e. The standard InChI is InChI=1S/C14H19FIN3O9/c15-14(25)9(23)8(27-12(14)19-2-1-5(17)18-13(19)24)10(16)28-11-7(22)6(21)4(3-20)26-11/h1-2,4,6-12,20-23,25H,3H2,(H2,17,18,24)/t4-,6-,7+,8+,9-,10?,11?,12-,14-/m1/s1. The monoisotopic (exact) mass is 519 g/mol. The van der Waals surface area contributed by atoms with E-state index in [2.05, 4.69) is 4.98 Å². The normalized spacial score (nSPS) is 42.0. The minimum absolute atomic E-state index is 0.127. The summed E-state index contributed by atoms with van der Waals surface area (Å²) < 4.78 is 30.0. The van der Waals surface area contributed by atoms with E-state index < -0.39 is 65.3 Å². The summed E-state index contributed by atoms with van der Waals surface area (Å²) in [6, 6.07) is 1.18. The summed E-state index contributed by atoms with van der Waals surface area (Å²) in [6.45, 7) is -0.577. The first-order chi connectivity index (χ1) is 13.1. The first-order valence-electron chi connectivity index (χ1n) is 8.09. The Morgan fingerprint density at radius 3 is 2.64 bits per heavy atom. The fourth-order valence-electron chi connectivity index (χ4n) is 2.95. The van der Waals surface area contributed by atoms with Crippen LogP contribution in [-0.2, 0) is 14.2 Å². The molecule has 0 radical (unpaired) electrons. The van der Waals surface area contributed by atoms with Crippen LogP contribution >= 0.6 is 22.6 Å². The number of aromatic nitrogens is 2. The van der Waals surface area contributed by atoms with Crippen LogP contribution in [0.4, 0.5) is 10.2 Å². The molecule has 2 saturated heterocycles. The number of anilines is 1. The van der Waals surface area contributed by atoms with E-state index in [0.717, 1.165) is 6.20 Å². The predicted octanol–water partition coefficient (Wildman–Crippen LogP) is -3.04. The van der Waals surface area contributed by atoms with Gasteiger partial charge < -0.3 is 45.5 Å². The third-order valence-electron chi connectivity index (χ3n) is 4.48. The summed E-state index contributed by atoms with van der Waals surface area (Å²) in [4.78, 5) is 15.3. The summed E-state index contributed by atoms with van der Waals surface area (Å²) >= 11 is 1.60. The van der Waals surface area contributed by atoms with Crippen molar-refractivity contribution in [2.75, 3.05) is 12.3 Å². The molecule has 2 fully saturated rings. The highest BCUT2D eigenvalue weighted by molar-refractivity contribution is 14.1. The van der Waals surface area contributed by atoms with Crippen molar-refractivity contribution in [2.45, 2.75) is 53.0 Å². The number of nitrogens with two attached hydrogens (primary N) is 1. The summed E-state index contributed by atoms with van der Waals surface area (Å²) in [7, 11) is 0. The summed E-state index contributed by atoms with van der Waals surface area (Å²) in [6.07, 6.45) is -9.97. The van der Waals surface area contributed by atoms with Crippen molar-refractivity contribution in [1.29, 1.82) is 0 Å². The van der Waals surface area contributed by atoms with Crippen LogP contribution in [0.15, 0.2) is 17.1 Å². The number of halogens is 2. The van der Waals surface area contributed by atoms with Crippen LogP contribution in [0.1, 0.15) is 6.23 Å². The molecule has 1 aromatic rings. The number of nitrogens with zero attached hydrogens (tertiary/aromatic N) is 2. The number of aliphatic hydroxyl groups excluding tert-OH is 4. The van der Waals surface area contributed by atoms with Gasteiger partial charge in [0.25, 0.3) is 5.85 Å². The Hall–Kier alpha value is -0.980. The number of hydrogen-bond acceptors (Lipinski definition) is 11. The first-order valence-corrected chi connectivity index (χ1v) is 9.34. The smallest absolute Gasteiger partial charge is 0.351 e. The summed E-state index contributed by atoms with van der Waals surface area (Å²) in [5, 5.41) is 48.9. The molecule has 0 aliphatic carbocycles. The van der Waals surface area contributed by atoms with Crippen molar-refractivity contribution in [3.8, 4) is 0 Å². The van der Waals surface area contributed by atoms with Gasteiger partial charge in [0.05, 0.1) is 6.61 Å². The Morgan fingerprint density at radius 1 is 1.39 bits per heavy atom. The number of hydrogen-bond donors (Lipinski definition) is 6. The van der Waals surface area contributed by atoms with E-state index in [1.54, 1.807) is 22.6 Å². The quantitative estimate of drug-likeness (QED) is 0.171. The molecule has 1 aromatic heterocycles. The molecule has 2 unspecified atom stereocenters. The molecule has 2 aliphatic heterocycles. The van der Waals surface area contributed by atoms with Crippen molar-refractivity contribution < 1.29 is 44.1 Å². The fourth-order valence-corrected chi connectivity index (χ4v) is 3.80. The lowest BCUT2D eigenvalue weighted by molar-refractivity contribution is -0.197. The van der Waals surface area contributed by atoms with Crippen LogP contribution in [0.3, 0.4) is 0 Å². The van der Waals surface area contributed by atoms with E-state index in [4.69, 9.17) is 25.1 Å². The molecule has 2 aliphatic rings. The lowest BCUT2D eigenvalue weighted by atomic mass is 10.1. The molecular formula is C14H19FIN3O9. The van der Waals surface area contributed by atoms with Gasteiger partial charge in [-0.25, -0.2) is 9.18 Å². The second kappa shape index (κ2) is 8.04. The third kappa shape index (κ3) is 3.75. The Bertz CT molecular complexity index is 768. The maximum absolute atomic E-state index is 14.8. The van der Waals surface area contributed by atoms with E-state index in [0.29, 0.717) is 4.57 Å².